The summed E-state index contributed by atoms with van der Waals surface area (Å²) in [6, 6.07) is 4.02. The Hall–Kier alpha value is -1.68. The normalized spacial score (nSPS) is 10.6. The van der Waals surface area contributed by atoms with Gasteiger partial charge in [0.25, 0.3) is 0 Å². The molecule has 0 saturated carbocycles. The lowest BCUT2D eigenvalue weighted by Gasteiger charge is -2.04. The summed E-state index contributed by atoms with van der Waals surface area (Å²) in [5.41, 5.74) is 1.21. The molecule has 0 atom stereocenters. The highest BCUT2D eigenvalue weighted by atomic mass is 15.0. The zero-order valence-electron chi connectivity index (χ0n) is 9.43. The first-order chi connectivity index (χ1) is 7.86. The van der Waals surface area contributed by atoms with Crippen LogP contribution in [-0.2, 0) is 20.0 Å². The second-order valence-electron chi connectivity index (χ2n) is 3.74. The van der Waals surface area contributed by atoms with Crippen molar-refractivity contribution in [1.29, 1.82) is 0 Å². The van der Waals surface area contributed by atoms with E-state index < -0.39 is 0 Å². The molecule has 0 saturated heterocycles. The van der Waals surface area contributed by atoms with E-state index in [4.69, 9.17) is 0 Å². The van der Waals surface area contributed by atoms with Gasteiger partial charge in [-0.05, 0) is 11.6 Å². The van der Waals surface area contributed by atoms with Crippen molar-refractivity contribution in [3.63, 3.8) is 0 Å². The molecule has 0 radical (unpaired) electrons. The van der Waals surface area contributed by atoms with Crippen LogP contribution < -0.4 is 5.32 Å². The highest BCUT2D eigenvalue weighted by Crippen LogP contribution is 1.96. The van der Waals surface area contributed by atoms with Gasteiger partial charge in [0.15, 0.2) is 0 Å². The Morgan fingerprint density at radius 3 is 3.00 bits per heavy atom. The molecule has 0 amide bonds. The zero-order chi connectivity index (χ0) is 11.2. The first-order valence-corrected chi connectivity index (χ1v) is 5.42. The molecule has 0 unspecified atom stereocenters. The molecule has 4 nitrogen and oxygen atoms in total. The maximum absolute atomic E-state index is 4.27. The van der Waals surface area contributed by atoms with Crippen LogP contribution in [0.15, 0.2) is 36.9 Å². The van der Waals surface area contributed by atoms with E-state index in [-0.39, 0.29) is 0 Å². The van der Waals surface area contributed by atoms with Crippen LogP contribution in [0.5, 0.6) is 0 Å². The summed E-state index contributed by atoms with van der Waals surface area (Å²) in [7, 11) is 2.02. The maximum Gasteiger partial charge on any atom is 0.109 e. The summed E-state index contributed by atoms with van der Waals surface area (Å²) in [6.45, 7) is 1.79. The number of hydrogen-bond donors (Lipinski definition) is 1. The minimum Gasteiger partial charge on any atom is -0.338 e. The summed E-state index contributed by atoms with van der Waals surface area (Å²) in [4.78, 5) is 8.34. The second-order valence-corrected chi connectivity index (χ2v) is 3.74. The minimum absolute atomic E-state index is 0.859. The van der Waals surface area contributed by atoms with Crippen molar-refractivity contribution in [2.75, 3.05) is 6.54 Å². The van der Waals surface area contributed by atoms with Gasteiger partial charge in [-0.2, -0.15) is 0 Å². The zero-order valence-corrected chi connectivity index (χ0v) is 9.43. The Bertz CT molecular complexity index is 422. The van der Waals surface area contributed by atoms with Crippen molar-refractivity contribution in [3.8, 4) is 0 Å². The van der Waals surface area contributed by atoms with E-state index in [1.165, 1.54) is 5.56 Å². The fourth-order valence-electron chi connectivity index (χ4n) is 1.57. The molecular weight excluding hydrogens is 200 g/mol. The highest BCUT2D eigenvalue weighted by molar-refractivity contribution is 5.07. The van der Waals surface area contributed by atoms with Gasteiger partial charge in [-0.3, -0.25) is 4.98 Å². The van der Waals surface area contributed by atoms with Crippen LogP contribution in [0, 0.1) is 0 Å². The van der Waals surface area contributed by atoms with E-state index in [0.717, 1.165) is 25.3 Å². The standard InChI is InChI=1S/C12H16N4/c1-16-8-7-15-12(16)4-6-14-10-11-3-2-5-13-9-11/h2-3,5,7-9,14H,4,6,10H2,1H3. The number of rotatable bonds is 5. The lowest BCUT2D eigenvalue weighted by atomic mass is 10.3. The number of hydrogen-bond acceptors (Lipinski definition) is 3. The Labute approximate surface area is 95.4 Å². The molecule has 0 spiro atoms. The molecule has 4 heteroatoms. The Kier molecular flexibility index (Phi) is 3.66. The molecule has 0 aliphatic heterocycles. The van der Waals surface area contributed by atoms with Crippen LogP contribution in [-0.4, -0.2) is 21.1 Å². The molecule has 2 aromatic rings. The van der Waals surface area contributed by atoms with E-state index in [0.29, 0.717) is 0 Å². The number of pyridine rings is 1. The third-order valence-corrected chi connectivity index (χ3v) is 2.50. The fraction of sp³-hybridized carbons (Fsp3) is 0.333. The van der Waals surface area contributed by atoms with Gasteiger partial charge < -0.3 is 9.88 Å². The number of imidazole rings is 1. The lowest BCUT2D eigenvalue weighted by Crippen LogP contribution is -2.18. The van der Waals surface area contributed by atoms with Crippen LogP contribution in [0.2, 0.25) is 0 Å². The molecule has 0 fully saturated rings. The van der Waals surface area contributed by atoms with Gasteiger partial charge in [0.2, 0.25) is 0 Å². The van der Waals surface area contributed by atoms with Crippen LogP contribution >= 0.6 is 0 Å². The number of nitrogens with one attached hydrogen (secondary N) is 1. The second kappa shape index (κ2) is 5.42. The molecule has 2 aromatic heterocycles. The van der Waals surface area contributed by atoms with Crippen LogP contribution in [0.1, 0.15) is 11.4 Å². The van der Waals surface area contributed by atoms with Gasteiger partial charge in [-0.1, -0.05) is 6.07 Å². The molecule has 2 heterocycles. The molecule has 16 heavy (non-hydrogen) atoms. The van der Waals surface area contributed by atoms with Gasteiger partial charge in [0, 0.05) is 51.3 Å². The Morgan fingerprint density at radius 2 is 2.31 bits per heavy atom. The molecule has 84 valence electrons. The predicted octanol–water partition coefficient (Wildman–Crippen LogP) is 1.15. The molecular formula is C12H16N4. The molecule has 2 rings (SSSR count). The van der Waals surface area contributed by atoms with Crippen molar-refractivity contribution in [3.05, 3.63) is 48.3 Å². The average Bonchev–Trinajstić information content (AvgIpc) is 2.72. The Balaban J connectivity index is 1.72. The molecule has 0 aliphatic rings. The first-order valence-electron chi connectivity index (χ1n) is 5.42. The summed E-state index contributed by atoms with van der Waals surface area (Å²) >= 11 is 0. The first kappa shape index (κ1) is 10.8. The summed E-state index contributed by atoms with van der Waals surface area (Å²) < 4.78 is 2.05. The van der Waals surface area contributed by atoms with Gasteiger partial charge in [0.05, 0.1) is 0 Å². The summed E-state index contributed by atoms with van der Waals surface area (Å²) in [6.07, 6.45) is 8.42. The quantitative estimate of drug-likeness (QED) is 0.762. The smallest absolute Gasteiger partial charge is 0.109 e. The van der Waals surface area contributed by atoms with Crippen LogP contribution in [0.25, 0.3) is 0 Å². The largest absolute Gasteiger partial charge is 0.338 e. The van der Waals surface area contributed by atoms with Crippen LogP contribution in [0.4, 0.5) is 0 Å². The van der Waals surface area contributed by atoms with E-state index in [1.807, 2.05) is 36.3 Å². The van der Waals surface area contributed by atoms with Crippen LogP contribution in [0.3, 0.4) is 0 Å². The third-order valence-electron chi connectivity index (χ3n) is 2.50. The third kappa shape index (κ3) is 2.90. The van der Waals surface area contributed by atoms with Crippen molar-refractivity contribution >= 4 is 0 Å². The van der Waals surface area contributed by atoms with Crippen molar-refractivity contribution in [1.82, 2.24) is 19.9 Å². The van der Waals surface area contributed by atoms with E-state index in [2.05, 4.69) is 21.4 Å². The molecule has 0 bridgehead atoms. The summed E-state index contributed by atoms with van der Waals surface area (Å²) in [5.74, 6) is 1.11. The van der Waals surface area contributed by atoms with E-state index in [9.17, 15) is 0 Å². The van der Waals surface area contributed by atoms with Crippen molar-refractivity contribution < 1.29 is 0 Å². The molecule has 1 N–H and O–H groups in total. The predicted molar refractivity (Wildman–Crippen MR) is 62.9 cm³/mol. The number of aryl methyl sites for hydroxylation is 1. The van der Waals surface area contributed by atoms with Crippen molar-refractivity contribution in [2.24, 2.45) is 7.05 Å². The minimum atomic E-state index is 0.859. The van der Waals surface area contributed by atoms with Gasteiger partial charge in [0.1, 0.15) is 5.82 Å². The number of aromatic nitrogens is 3. The summed E-state index contributed by atoms with van der Waals surface area (Å²) in [5, 5.41) is 3.37. The number of nitrogens with zero attached hydrogens (tertiary/aromatic N) is 3. The molecule has 0 aliphatic carbocycles. The SMILES string of the molecule is Cn1ccnc1CCNCc1cccnc1. The van der Waals surface area contributed by atoms with Gasteiger partial charge in [-0.15, -0.1) is 0 Å². The fourth-order valence-corrected chi connectivity index (χ4v) is 1.57. The average molecular weight is 216 g/mol. The van der Waals surface area contributed by atoms with Crippen molar-refractivity contribution in [2.45, 2.75) is 13.0 Å². The lowest BCUT2D eigenvalue weighted by molar-refractivity contribution is 0.654. The monoisotopic (exact) mass is 216 g/mol. The van der Waals surface area contributed by atoms with E-state index in [1.54, 1.807) is 6.20 Å². The topological polar surface area (TPSA) is 42.7 Å². The highest BCUT2D eigenvalue weighted by Gasteiger charge is 1.98. The molecule has 0 aromatic carbocycles. The van der Waals surface area contributed by atoms with Gasteiger partial charge >= 0.3 is 0 Å². The maximum atomic E-state index is 4.27. The van der Waals surface area contributed by atoms with Gasteiger partial charge in [-0.25, -0.2) is 4.98 Å². The van der Waals surface area contributed by atoms with E-state index >= 15 is 0 Å². The Morgan fingerprint density at radius 1 is 1.38 bits per heavy atom.